The molecule has 0 aliphatic carbocycles. The molecule has 1 aromatic carbocycles. The zero-order chi connectivity index (χ0) is 15.8. The number of nitrogens with one attached hydrogen (secondary N) is 2. The highest BCUT2D eigenvalue weighted by molar-refractivity contribution is 7.92. The monoisotopic (exact) mass is 369 g/mol. The number of H-pyrrole nitrogens is 1. The molecule has 0 fully saturated rings. The highest BCUT2D eigenvalue weighted by Crippen LogP contribution is 2.35. The summed E-state index contributed by atoms with van der Waals surface area (Å²) >= 11 is 17.7. The molecule has 0 spiro atoms. The second-order valence-corrected chi connectivity index (χ2v) is 7.00. The number of halogens is 3. The van der Waals surface area contributed by atoms with E-state index in [0.717, 1.165) is 0 Å². The molecule has 2 aromatic rings. The quantitative estimate of drug-likeness (QED) is 0.771. The number of hydrogen-bond donors (Lipinski definition) is 3. The van der Waals surface area contributed by atoms with Crippen molar-refractivity contribution in [3.8, 4) is 0 Å². The van der Waals surface area contributed by atoms with Gasteiger partial charge in [0.05, 0.1) is 28.0 Å². The van der Waals surface area contributed by atoms with Crippen LogP contribution in [0.3, 0.4) is 0 Å². The van der Waals surface area contributed by atoms with E-state index in [4.69, 9.17) is 39.9 Å². The molecule has 0 saturated carbocycles. The largest absolute Gasteiger partial charge is 0.390 e. The molecule has 1 heterocycles. The number of sulfonamides is 1. The van der Waals surface area contributed by atoms with Gasteiger partial charge in [-0.3, -0.25) is 9.82 Å². The number of aromatic amines is 1. The van der Waals surface area contributed by atoms with Gasteiger partial charge in [0.15, 0.2) is 0 Å². The third kappa shape index (κ3) is 3.27. The number of aryl methyl sites for hydroxylation is 1. The van der Waals surface area contributed by atoms with Crippen molar-refractivity contribution in [1.82, 2.24) is 10.2 Å². The molecule has 10 heteroatoms. The van der Waals surface area contributed by atoms with Crippen LogP contribution in [0.25, 0.3) is 0 Å². The second kappa shape index (κ2) is 6.02. The molecule has 6 nitrogen and oxygen atoms in total. The minimum absolute atomic E-state index is 0.00112. The summed E-state index contributed by atoms with van der Waals surface area (Å²) in [5.74, 6) is 0. The van der Waals surface area contributed by atoms with Crippen molar-refractivity contribution < 1.29 is 13.5 Å². The summed E-state index contributed by atoms with van der Waals surface area (Å²) in [4.78, 5) is -0.146. The van der Waals surface area contributed by atoms with Crippen molar-refractivity contribution in [2.45, 2.75) is 18.4 Å². The van der Waals surface area contributed by atoms with Gasteiger partial charge in [-0.2, -0.15) is 5.10 Å². The average molecular weight is 371 g/mol. The molecular formula is C11H10Cl3N3O3S. The van der Waals surface area contributed by atoms with Crippen LogP contribution in [0.4, 0.5) is 5.69 Å². The van der Waals surface area contributed by atoms with E-state index in [1.807, 2.05) is 0 Å². The summed E-state index contributed by atoms with van der Waals surface area (Å²) < 4.78 is 27.1. The number of anilines is 1. The van der Waals surface area contributed by atoms with E-state index in [9.17, 15) is 8.42 Å². The van der Waals surface area contributed by atoms with E-state index in [1.54, 1.807) is 0 Å². The van der Waals surface area contributed by atoms with Gasteiger partial charge in [-0.25, -0.2) is 8.42 Å². The number of nitrogens with zero attached hydrogens (tertiary/aromatic N) is 1. The minimum atomic E-state index is -4.02. The predicted molar refractivity (Wildman–Crippen MR) is 81.5 cm³/mol. The number of aliphatic hydroxyl groups is 1. The highest BCUT2D eigenvalue weighted by atomic mass is 35.5. The van der Waals surface area contributed by atoms with Crippen LogP contribution in [0.5, 0.6) is 0 Å². The molecule has 0 aliphatic heterocycles. The SMILES string of the molecule is Cc1[nH]nc(CO)c1S(=O)(=O)Nc1c(Cl)cc(Cl)cc1Cl. The molecular weight excluding hydrogens is 361 g/mol. The van der Waals surface area contributed by atoms with Crippen LogP contribution in [0.2, 0.25) is 15.1 Å². The third-order valence-electron chi connectivity index (χ3n) is 2.62. The first-order valence-corrected chi connectivity index (χ1v) is 8.20. The van der Waals surface area contributed by atoms with Gasteiger partial charge in [-0.05, 0) is 19.1 Å². The highest BCUT2D eigenvalue weighted by Gasteiger charge is 2.25. The summed E-state index contributed by atoms with van der Waals surface area (Å²) in [6.45, 7) is 0.995. The maximum Gasteiger partial charge on any atom is 0.265 e. The fourth-order valence-electron chi connectivity index (χ4n) is 1.76. The third-order valence-corrected chi connectivity index (χ3v) is 4.99. The minimum Gasteiger partial charge on any atom is -0.390 e. The predicted octanol–water partition coefficient (Wildman–Crippen LogP) is 2.97. The maximum atomic E-state index is 12.4. The van der Waals surface area contributed by atoms with Crippen LogP contribution in [-0.4, -0.2) is 23.7 Å². The Morgan fingerprint density at radius 3 is 2.38 bits per heavy atom. The van der Waals surface area contributed by atoms with Gasteiger partial charge >= 0.3 is 0 Å². The number of rotatable bonds is 4. The van der Waals surface area contributed by atoms with Gasteiger partial charge in [0.2, 0.25) is 0 Å². The Balaban J connectivity index is 2.50. The Labute approximate surface area is 136 Å². The number of aromatic nitrogens is 2. The van der Waals surface area contributed by atoms with Gasteiger partial charge in [0.25, 0.3) is 10.0 Å². The first-order valence-electron chi connectivity index (χ1n) is 5.58. The zero-order valence-corrected chi connectivity index (χ0v) is 13.7. The standard InChI is InChI=1S/C11H10Cl3N3O3S/c1-5-11(9(4-18)16-15-5)21(19,20)17-10-7(13)2-6(12)3-8(10)14/h2-3,17-18H,4H2,1H3,(H,15,16). The molecule has 0 radical (unpaired) electrons. The Kier molecular flexibility index (Phi) is 4.69. The molecule has 114 valence electrons. The lowest BCUT2D eigenvalue weighted by Crippen LogP contribution is -2.16. The molecule has 1 aromatic heterocycles. The molecule has 0 saturated heterocycles. The molecule has 2 rings (SSSR count). The van der Waals surface area contributed by atoms with Gasteiger partial charge in [-0.1, -0.05) is 34.8 Å². The summed E-state index contributed by atoms with van der Waals surface area (Å²) in [6, 6.07) is 2.73. The van der Waals surface area contributed by atoms with Gasteiger partial charge in [-0.15, -0.1) is 0 Å². The van der Waals surface area contributed by atoms with Crippen molar-refractivity contribution in [2.24, 2.45) is 0 Å². The second-order valence-electron chi connectivity index (χ2n) is 4.13. The van der Waals surface area contributed by atoms with Crippen LogP contribution in [-0.2, 0) is 16.6 Å². The van der Waals surface area contributed by atoms with E-state index >= 15 is 0 Å². The fraction of sp³-hybridized carbons (Fsp3) is 0.182. The number of benzene rings is 1. The lowest BCUT2D eigenvalue weighted by molar-refractivity contribution is 0.273. The summed E-state index contributed by atoms with van der Waals surface area (Å²) in [5.41, 5.74) is 0.293. The Hall–Kier alpha value is -0.990. The van der Waals surface area contributed by atoms with Gasteiger partial charge in [0, 0.05) is 5.02 Å². The normalized spacial score (nSPS) is 11.7. The number of aliphatic hydroxyl groups excluding tert-OH is 1. The van der Waals surface area contributed by atoms with Crippen LogP contribution < -0.4 is 4.72 Å². The van der Waals surface area contributed by atoms with Crippen LogP contribution in [0.1, 0.15) is 11.4 Å². The fourth-order valence-corrected chi connectivity index (χ4v) is 4.24. The maximum absolute atomic E-state index is 12.4. The van der Waals surface area contributed by atoms with Crippen molar-refractivity contribution >= 4 is 50.5 Å². The van der Waals surface area contributed by atoms with Crippen LogP contribution in [0, 0.1) is 6.92 Å². The van der Waals surface area contributed by atoms with Crippen LogP contribution >= 0.6 is 34.8 Å². The molecule has 3 N–H and O–H groups in total. The smallest absolute Gasteiger partial charge is 0.265 e. The lowest BCUT2D eigenvalue weighted by atomic mass is 10.3. The Bertz CT molecular complexity index is 766. The Morgan fingerprint density at radius 1 is 1.29 bits per heavy atom. The van der Waals surface area contributed by atoms with Crippen molar-refractivity contribution in [1.29, 1.82) is 0 Å². The first kappa shape index (κ1) is 16.4. The van der Waals surface area contributed by atoms with E-state index < -0.39 is 16.6 Å². The van der Waals surface area contributed by atoms with Crippen molar-refractivity contribution in [3.63, 3.8) is 0 Å². The van der Waals surface area contributed by atoms with Crippen LogP contribution in [0.15, 0.2) is 17.0 Å². The van der Waals surface area contributed by atoms with Gasteiger partial charge < -0.3 is 5.11 Å². The molecule has 0 atom stereocenters. The molecule has 0 amide bonds. The summed E-state index contributed by atoms with van der Waals surface area (Å²) in [5, 5.41) is 15.8. The average Bonchev–Trinajstić information content (AvgIpc) is 2.76. The molecule has 21 heavy (non-hydrogen) atoms. The lowest BCUT2D eigenvalue weighted by Gasteiger charge is -2.12. The number of hydrogen-bond acceptors (Lipinski definition) is 4. The van der Waals surface area contributed by atoms with E-state index in [-0.39, 0.29) is 37.0 Å². The van der Waals surface area contributed by atoms with E-state index in [2.05, 4.69) is 14.9 Å². The van der Waals surface area contributed by atoms with Crippen molar-refractivity contribution in [2.75, 3.05) is 4.72 Å². The summed E-state index contributed by atoms with van der Waals surface area (Å²) in [6.07, 6.45) is 0. The summed E-state index contributed by atoms with van der Waals surface area (Å²) in [7, 11) is -4.02. The topological polar surface area (TPSA) is 95.1 Å². The first-order chi connectivity index (χ1) is 9.76. The zero-order valence-electron chi connectivity index (χ0n) is 10.6. The molecule has 0 aliphatic rings. The molecule has 0 unspecified atom stereocenters. The molecule has 0 bridgehead atoms. The van der Waals surface area contributed by atoms with E-state index in [1.165, 1.54) is 19.1 Å². The van der Waals surface area contributed by atoms with Gasteiger partial charge in [0.1, 0.15) is 10.6 Å². The van der Waals surface area contributed by atoms with Crippen molar-refractivity contribution in [3.05, 3.63) is 38.6 Å². The Morgan fingerprint density at radius 2 is 1.86 bits per heavy atom. The van der Waals surface area contributed by atoms with E-state index in [0.29, 0.717) is 0 Å².